The first-order valence-electron chi connectivity index (χ1n) is 8.96. The van der Waals surface area contributed by atoms with Gasteiger partial charge in [-0.25, -0.2) is 4.98 Å². The molecule has 2 aromatic carbocycles. The maximum absolute atomic E-state index is 12.5. The lowest BCUT2D eigenvalue weighted by atomic mass is 10.2. The number of aryl methyl sites for hydroxylation is 1. The first-order chi connectivity index (χ1) is 14.1. The molecule has 0 unspecified atom stereocenters. The normalized spacial score (nSPS) is 10.5. The van der Waals surface area contributed by atoms with Crippen molar-refractivity contribution < 1.29 is 9.53 Å². The third-order valence-electron chi connectivity index (χ3n) is 4.20. The molecular formula is C22H18N4O2S. The fraction of sp³-hybridized carbons (Fsp3) is 0.0455. The van der Waals surface area contributed by atoms with Gasteiger partial charge >= 0.3 is 0 Å². The Morgan fingerprint density at radius 3 is 2.69 bits per heavy atom. The van der Waals surface area contributed by atoms with Crippen molar-refractivity contribution >= 4 is 34.6 Å². The molecule has 2 N–H and O–H groups in total. The van der Waals surface area contributed by atoms with Crippen LogP contribution in [0.4, 0.5) is 5.69 Å². The number of carbonyl (C=O) groups excluding carboxylic acids is 1. The van der Waals surface area contributed by atoms with E-state index in [1.54, 1.807) is 35.1 Å². The molecule has 0 atom stereocenters. The van der Waals surface area contributed by atoms with E-state index in [4.69, 9.17) is 17.0 Å². The van der Waals surface area contributed by atoms with Crippen molar-refractivity contribution in [1.29, 1.82) is 0 Å². The van der Waals surface area contributed by atoms with Crippen molar-refractivity contribution in [1.82, 2.24) is 14.7 Å². The molecular weight excluding hydrogens is 384 g/mol. The summed E-state index contributed by atoms with van der Waals surface area (Å²) < 4.78 is 7.66. The van der Waals surface area contributed by atoms with Crippen LogP contribution >= 0.6 is 12.2 Å². The lowest BCUT2D eigenvalue weighted by Crippen LogP contribution is -2.34. The molecule has 144 valence electrons. The van der Waals surface area contributed by atoms with Crippen molar-refractivity contribution in [3.05, 3.63) is 90.4 Å². The van der Waals surface area contributed by atoms with E-state index in [1.165, 1.54) is 0 Å². The van der Waals surface area contributed by atoms with E-state index in [2.05, 4.69) is 15.6 Å². The summed E-state index contributed by atoms with van der Waals surface area (Å²) in [6, 6.07) is 18.7. The Balaban J connectivity index is 1.40. The number of hydrogen-bond acceptors (Lipinski definition) is 4. The van der Waals surface area contributed by atoms with Crippen LogP contribution in [0.1, 0.15) is 15.9 Å². The van der Waals surface area contributed by atoms with Gasteiger partial charge in [0.1, 0.15) is 17.1 Å². The highest BCUT2D eigenvalue weighted by atomic mass is 32.1. The Labute approximate surface area is 173 Å². The number of ether oxygens (including phenoxy) is 1. The fourth-order valence-electron chi connectivity index (χ4n) is 2.84. The standard InChI is InChI=1S/C22H18N4O2S/c1-15-4-2-6-18(12-15)28-19-7-3-5-17(13-19)24-22(29)25-21(27)16-8-9-20-23-10-11-26(20)14-16/h2-14H,1H3,(H2,24,25,27,29). The third-order valence-corrected chi connectivity index (χ3v) is 4.40. The summed E-state index contributed by atoms with van der Waals surface area (Å²) in [5.41, 5.74) is 3.09. The van der Waals surface area contributed by atoms with Crippen LogP contribution < -0.4 is 15.4 Å². The van der Waals surface area contributed by atoms with E-state index < -0.39 is 0 Å². The van der Waals surface area contributed by atoms with Crippen molar-refractivity contribution in [3.63, 3.8) is 0 Å². The van der Waals surface area contributed by atoms with Gasteiger partial charge in [-0.05, 0) is 61.1 Å². The number of anilines is 1. The quantitative estimate of drug-likeness (QED) is 0.490. The predicted octanol–water partition coefficient (Wildman–Crippen LogP) is 4.56. The molecule has 0 bridgehead atoms. The fourth-order valence-corrected chi connectivity index (χ4v) is 3.05. The van der Waals surface area contributed by atoms with E-state index in [1.807, 2.05) is 55.5 Å². The predicted molar refractivity (Wildman–Crippen MR) is 117 cm³/mol. The van der Waals surface area contributed by atoms with Gasteiger partial charge in [0.15, 0.2) is 5.11 Å². The maximum Gasteiger partial charge on any atom is 0.258 e. The zero-order valence-electron chi connectivity index (χ0n) is 15.6. The second kappa shape index (κ2) is 8.12. The Bertz CT molecular complexity index is 1200. The van der Waals surface area contributed by atoms with Gasteiger partial charge in [0.05, 0.1) is 5.56 Å². The Morgan fingerprint density at radius 1 is 1.07 bits per heavy atom. The second-order valence-corrected chi connectivity index (χ2v) is 6.87. The zero-order chi connectivity index (χ0) is 20.2. The molecule has 0 saturated carbocycles. The van der Waals surface area contributed by atoms with E-state index in [9.17, 15) is 4.79 Å². The summed E-state index contributed by atoms with van der Waals surface area (Å²) >= 11 is 5.28. The molecule has 0 aliphatic heterocycles. The van der Waals surface area contributed by atoms with Crippen molar-refractivity contribution in [2.75, 3.05) is 5.32 Å². The van der Waals surface area contributed by atoms with Gasteiger partial charge in [0, 0.05) is 30.3 Å². The van der Waals surface area contributed by atoms with Crippen LogP contribution in [0.15, 0.2) is 79.3 Å². The molecule has 7 heteroatoms. The number of nitrogens with one attached hydrogen (secondary N) is 2. The minimum Gasteiger partial charge on any atom is -0.457 e. The van der Waals surface area contributed by atoms with Crippen molar-refractivity contribution in [2.45, 2.75) is 6.92 Å². The summed E-state index contributed by atoms with van der Waals surface area (Å²) in [5.74, 6) is 1.12. The van der Waals surface area contributed by atoms with Crippen LogP contribution in [0, 0.1) is 6.92 Å². The molecule has 0 aliphatic carbocycles. The number of hydrogen-bond donors (Lipinski definition) is 2. The van der Waals surface area contributed by atoms with Crippen molar-refractivity contribution in [2.24, 2.45) is 0 Å². The molecule has 4 rings (SSSR count). The smallest absolute Gasteiger partial charge is 0.258 e. The van der Waals surface area contributed by atoms with Crippen LogP contribution in [0.2, 0.25) is 0 Å². The van der Waals surface area contributed by atoms with Crippen LogP contribution in [-0.4, -0.2) is 20.4 Å². The molecule has 2 aromatic heterocycles. The molecule has 2 heterocycles. The zero-order valence-corrected chi connectivity index (χ0v) is 16.4. The van der Waals surface area contributed by atoms with Crippen LogP contribution in [0.3, 0.4) is 0 Å². The first-order valence-corrected chi connectivity index (χ1v) is 9.37. The molecule has 4 aromatic rings. The number of rotatable bonds is 4. The number of aromatic nitrogens is 2. The number of carbonyl (C=O) groups is 1. The average molecular weight is 402 g/mol. The van der Waals surface area contributed by atoms with Gasteiger partial charge in [0.25, 0.3) is 5.91 Å². The second-order valence-electron chi connectivity index (χ2n) is 6.47. The summed E-state index contributed by atoms with van der Waals surface area (Å²) in [5, 5.41) is 5.90. The van der Waals surface area contributed by atoms with Gasteiger partial charge in [-0.3, -0.25) is 10.1 Å². The van der Waals surface area contributed by atoms with E-state index in [-0.39, 0.29) is 11.0 Å². The monoisotopic (exact) mass is 402 g/mol. The van der Waals surface area contributed by atoms with E-state index in [0.29, 0.717) is 17.0 Å². The average Bonchev–Trinajstić information content (AvgIpc) is 3.16. The number of benzene rings is 2. The van der Waals surface area contributed by atoms with Gasteiger partial charge in [0.2, 0.25) is 0 Å². The summed E-state index contributed by atoms with van der Waals surface area (Å²) in [4.78, 5) is 16.6. The van der Waals surface area contributed by atoms with Gasteiger partial charge in [-0.2, -0.15) is 0 Å². The summed E-state index contributed by atoms with van der Waals surface area (Å²) in [6.07, 6.45) is 5.16. The lowest BCUT2D eigenvalue weighted by molar-refractivity contribution is 0.0977. The molecule has 0 radical (unpaired) electrons. The van der Waals surface area contributed by atoms with E-state index >= 15 is 0 Å². The number of pyridine rings is 1. The Morgan fingerprint density at radius 2 is 1.86 bits per heavy atom. The van der Waals surface area contributed by atoms with Crippen LogP contribution in [0.25, 0.3) is 5.65 Å². The first kappa shape index (κ1) is 18.6. The van der Waals surface area contributed by atoms with Crippen molar-refractivity contribution in [3.8, 4) is 11.5 Å². The number of imidazole rings is 1. The number of thiocarbonyl (C=S) groups is 1. The highest BCUT2D eigenvalue weighted by Gasteiger charge is 2.09. The molecule has 6 nitrogen and oxygen atoms in total. The van der Waals surface area contributed by atoms with Gasteiger partial charge in [-0.1, -0.05) is 18.2 Å². The Hall–Kier alpha value is -3.71. The topological polar surface area (TPSA) is 67.7 Å². The minimum absolute atomic E-state index is 0.202. The molecule has 0 saturated heterocycles. The lowest BCUT2D eigenvalue weighted by Gasteiger charge is -2.12. The molecule has 0 spiro atoms. The summed E-state index contributed by atoms with van der Waals surface area (Å²) in [6.45, 7) is 2.01. The van der Waals surface area contributed by atoms with Crippen LogP contribution in [-0.2, 0) is 0 Å². The number of fused-ring (bicyclic) bond motifs is 1. The molecule has 0 aliphatic rings. The number of nitrogens with zero attached hydrogens (tertiary/aromatic N) is 2. The van der Waals surface area contributed by atoms with Crippen LogP contribution in [0.5, 0.6) is 11.5 Å². The van der Waals surface area contributed by atoms with E-state index in [0.717, 1.165) is 17.0 Å². The van der Waals surface area contributed by atoms with Gasteiger partial charge in [-0.15, -0.1) is 0 Å². The third kappa shape index (κ3) is 4.59. The molecule has 29 heavy (non-hydrogen) atoms. The van der Waals surface area contributed by atoms with Gasteiger partial charge < -0.3 is 14.5 Å². The highest BCUT2D eigenvalue weighted by molar-refractivity contribution is 7.80. The molecule has 0 fully saturated rings. The summed E-state index contributed by atoms with van der Waals surface area (Å²) in [7, 11) is 0. The largest absolute Gasteiger partial charge is 0.457 e. The SMILES string of the molecule is Cc1cccc(Oc2cccc(NC(=S)NC(=O)c3ccc4nccn4c3)c2)c1. The number of amides is 1. The maximum atomic E-state index is 12.5. The highest BCUT2D eigenvalue weighted by Crippen LogP contribution is 2.24. The molecule has 1 amide bonds. The minimum atomic E-state index is -0.301. The Kier molecular flexibility index (Phi) is 5.22.